The SMILES string of the molecule is C=CCNC(=O)C(C#N)=Cc1ccc(OC(=O)COc2ccccc2Br)c(OC)c1. The minimum absolute atomic E-state index is 0.0783. The summed E-state index contributed by atoms with van der Waals surface area (Å²) in [6.07, 6.45) is 2.92. The van der Waals surface area contributed by atoms with E-state index in [0.717, 1.165) is 4.47 Å². The number of hydrogen-bond donors (Lipinski definition) is 1. The van der Waals surface area contributed by atoms with Crippen molar-refractivity contribution in [3.8, 4) is 23.3 Å². The first-order chi connectivity index (χ1) is 14.5. The molecule has 0 aromatic heterocycles. The highest BCUT2D eigenvalue weighted by atomic mass is 79.9. The molecule has 154 valence electrons. The molecule has 7 nitrogen and oxygen atoms in total. The van der Waals surface area contributed by atoms with Gasteiger partial charge in [-0.15, -0.1) is 6.58 Å². The molecule has 0 heterocycles. The Hall–Kier alpha value is -3.57. The van der Waals surface area contributed by atoms with Crippen LogP contribution in [0.4, 0.5) is 0 Å². The molecule has 0 aliphatic rings. The summed E-state index contributed by atoms with van der Waals surface area (Å²) >= 11 is 3.33. The molecule has 0 atom stereocenters. The maximum atomic E-state index is 12.1. The molecule has 2 aromatic rings. The average Bonchev–Trinajstić information content (AvgIpc) is 2.76. The van der Waals surface area contributed by atoms with Crippen LogP contribution < -0.4 is 19.5 Å². The van der Waals surface area contributed by atoms with Crippen LogP contribution in [0.25, 0.3) is 6.08 Å². The fourth-order valence-electron chi connectivity index (χ4n) is 2.28. The molecule has 0 unspecified atom stereocenters. The molecule has 0 aliphatic heterocycles. The minimum Gasteiger partial charge on any atom is -0.493 e. The maximum Gasteiger partial charge on any atom is 0.349 e. The highest BCUT2D eigenvalue weighted by Crippen LogP contribution is 2.29. The van der Waals surface area contributed by atoms with Crippen LogP contribution in [-0.4, -0.2) is 32.1 Å². The number of amides is 1. The van der Waals surface area contributed by atoms with Gasteiger partial charge in [0.1, 0.15) is 17.4 Å². The number of nitrogens with one attached hydrogen (secondary N) is 1. The summed E-state index contributed by atoms with van der Waals surface area (Å²) in [5, 5.41) is 11.7. The van der Waals surface area contributed by atoms with Gasteiger partial charge in [-0.1, -0.05) is 24.3 Å². The van der Waals surface area contributed by atoms with Crippen LogP contribution in [0.15, 0.2) is 65.2 Å². The first-order valence-electron chi connectivity index (χ1n) is 8.75. The Bertz CT molecular complexity index is 1010. The van der Waals surface area contributed by atoms with E-state index < -0.39 is 11.9 Å². The molecule has 0 spiro atoms. The van der Waals surface area contributed by atoms with Crippen molar-refractivity contribution in [1.29, 1.82) is 5.26 Å². The average molecular weight is 471 g/mol. The van der Waals surface area contributed by atoms with Crippen molar-refractivity contribution in [3.05, 3.63) is 70.7 Å². The fraction of sp³-hybridized carbons (Fsp3) is 0.136. The molecule has 0 saturated carbocycles. The van der Waals surface area contributed by atoms with E-state index in [1.807, 2.05) is 12.1 Å². The Morgan fingerprint density at radius 3 is 2.63 bits per heavy atom. The van der Waals surface area contributed by atoms with Gasteiger partial charge in [-0.05, 0) is 51.8 Å². The second kappa shape index (κ2) is 11.4. The molecule has 0 saturated heterocycles. The number of ether oxygens (including phenoxy) is 3. The number of nitriles is 1. The highest BCUT2D eigenvalue weighted by Gasteiger charge is 2.13. The molecule has 8 heteroatoms. The van der Waals surface area contributed by atoms with E-state index in [4.69, 9.17) is 14.2 Å². The molecule has 1 amide bonds. The van der Waals surface area contributed by atoms with Crippen LogP contribution in [0.3, 0.4) is 0 Å². The predicted octanol–water partition coefficient (Wildman–Crippen LogP) is 3.65. The second-order valence-corrected chi connectivity index (χ2v) is 6.63. The van der Waals surface area contributed by atoms with Gasteiger partial charge in [0.15, 0.2) is 18.1 Å². The number of rotatable bonds is 9. The van der Waals surface area contributed by atoms with Crippen LogP contribution >= 0.6 is 15.9 Å². The first-order valence-corrected chi connectivity index (χ1v) is 9.54. The van der Waals surface area contributed by atoms with E-state index in [-0.39, 0.29) is 30.2 Å². The third-order valence-corrected chi connectivity index (χ3v) is 4.33. The number of hydrogen-bond acceptors (Lipinski definition) is 6. The molecule has 0 aliphatic carbocycles. The van der Waals surface area contributed by atoms with Gasteiger partial charge in [-0.3, -0.25) is 4.79 Å². The van der Waals surface area contributed by atoms with Crippen molar-refractivity contribution < 1.29 is 23.8 Å². The number of nitrogens with zero attached hydrogens (tertiary/aromatic N) is 1. The van der Waals surface area contributed by atoms with Crippen LogP contribution in [-0.2, 0) is 9.59 Å². The maximum absolute atomic E-state index is 12.1. The number of para-hydroxylation sites is 1. The van der Waals surface area contributed by atoms with Gasteiger partial charge in [0, 0.05) is 6.54 Å². The van der Waals surface area contributed by atoms with Crippen LogP contribution in [0, 0.1) is 11.3 Å². The zero-order valence-electron chi connectivity index (χ0n) is 16.2. The van der Waals surface area contributed by atoms with E-state index in [9.17, 15) is 14.9 Å². The van der Waals surface area contributed by atoms with Gasteiger partial charge in [0.25, 0.3) is 5.91 Å². The Morgan fingerprint density at radius 1 is 1.20 bits per heavy atom. The smallest absolute Gasteiger partial charge is 0.349 e. The molecule has 2 rings (SSSR count). The van der Waals surface area contributed by atoms with Crippen molar-refractivity contribution in [3.63, 3.8) is 0 Å². The van der Waals surface area contributed by atoms with E-state index in [2.05, 4.69) is 27.8 Å². The summed E-state index contributed by atoms with van der Waals surface area (Å²) in [7, 11) is 1.42. The lowest BCUT2D eigenvalue weighted by molar-refractivity contribution is -0.136. The van der Waals surface area contributed by atoms with Gasteiger partial charge in [0.2, 0.25) is 0 Å². The number of methoxy groups -OCH3 is 1. The lowest BCUT2D eigenvalue weighted by Gasteiger charge is -2.11. The third-order valence-electron chi connectivity index (χ3n) is 3.68. The summed E-state index contributed by atoms with van der Waals surface area (Å²) in [5.74, 6) is -0.169. The number of esters is 1. The molecule has 0 fully saturated rings. The van der Waals surface area contributed by atoms with Crippen molar-refractivity contribution in [2.24, 2.45) is 0 Å². The number of carbonyl (C=O) groups is 2. The van der Waals surface area contributed by atoms with Gasteiger partial charge in [-0.2, -0.15) is 5.26 Å². The molecule has 2 aromatic carbocycles. The van der Waals surface area contributed by atoms with Gasteiger partial charge in [0.05, 0.1) is 11.6 Å². The number of carbonyl (C=O) groups excluding carboxylic acids is 2. The normalized spacial score (nSPS) is 10.5. The Kier molecular flexibility index (Phi) is 8.66. The van der Waals surface area contributed by atoms with Crippen molar-refractivity contribution in [2.45, 2.75) is 0 Å². The van der Waals surface area contributed by atoms with E-state index in [0.29, 0.717) is 11.3 Å². The largest absolute Gasteiger partial charge is 0.493 e. The molecule has 30 heavy (non-hydrogen) atoms. The minimum atomic E-state index is -0.617. The molecular weight excluding hydrogens is 452 g/mol. The molecular formula is C22H19BrN2O5. The lowest BCUT2D eigenvalue weighted by Crippen LogP contribution is -2.24. The van der Waals surface area contributed by atoms with Crippen LogP contribution in [0.2, 0.25) is 0 Å². The summed E-state index contributed by atoms with van der Waals surface area (Å²) in [6.45, 7) is 3.46. The number of halogens is 1. The summed E-state index contributed by atoms with van der Waals surface area (Å²) in [6, 6.07) is 13.6. The summed E-state index contributed by atoms with van der Waals surface area (Å²) in [4.78, 5) is 24.1. The van der Waals surface area contributed by atoms with Crippen LogP contribution in [0.5, 0.6) is 17.2 Å². The van der Waals surface area contributed by atoms with E-state index in [1.54, 1.807) is 30.3 Å². The standard InChI is InChI=1S/C22H19BrN2O5/c1-3-10-25-22(27)16(13-24)11-15-8-9-19(20(12-15)28-2)30-21(26)14-29-18-7-5-4-6-17(18)23/h3-9,11-12H,1,10,14H2,2H3,(H,25,27). The predicted molar refractivity (Wildman–Crippen MR) is 115 cm³/mol. The van der Waals surface area contributed by atoms with E-state index in [1.165, 1.54) is 25.3 Å². The fourth-order valence-corrected chi connectivity index (χ4v) is 2.68. The zero-order valence-corrected chi connectivity index (χ0v) is 17.8. The highest BCUT2D eigenvalue weighted by molar-refractivity contribution is 9.10. The van der Waals surface area contributed by atoms with Crippen molar-refractivity contribution >= 4 is 33.9 Å². The quantitative estimate of drug-likeness (QED) is 0.197. The molecule has 0 bridgehead atoms. The Balaban J connectivity index is 2.09. The molecule has 1 N–H and O–H groups in total. The van der Waals surface area contributed by atoms with Gasteiger partial charge >= 0.3 is 5.97 Å². The monoisotopic (exact) mass is 470 g/mol. The second-order valence-electron chi connectivity index (χ2n) is 5.77. The summed E-state index contributed by atoms with van der Waals surface area (Å²) in [5.41, 5.74) is 0.451. The Morgan fingerprint density at radius 2 is 1.97 bits per heavy atom. The van der Waals surface area contributed by atoms with Crippen molar-refractivity contribution in [1.82, 2.24) is 5.32 Å². The van der Waals surface area contributed by atoms with Crippen molar-refractivity contribution in [2.75, 3.05) is 20.3 Å². The Labute approximate surface area is 182 Å². The third kappa shape index (κ3) is 6.50. The first kappa shape index (κ1) is 22.7. The zero-order chi connectivity index (χ0) is 21.9. The van der Waals surface area contributed by atoms with Gasteiger partial charge in [-0.25, -0.2) is 4.79 Å². The lowest BCUT2D eigenvalue weighted by atomic mass is 10.1. The topological polar surface area (TPSA) is 97.7 Å². The molecule has 0 radical (unpaired) electrons. The number of benzene rings is 2. The van der Waals surface area contributed by atoms with Gasteiger partial charge < -0.3 is 19.5 Å². The van der Waals surface area contributed by atoms with E-state index >= 15 is 0 Å². The summed E-state index contributed by atoms with van der Waals surface area (Å²) < 4.78 is 16.7. The van der Waals surface area contributed by atoms with Crippen LogP contribution in [0.1, 0.15) is 5.56 Å².